The average molecular weight is 191 g/mol. The molecule has 0 N–H and O–H groups in total. The Bertz CT molecular complexity index is 258. The summed E-state index contributed by atoms with van der Waals surface area (Å²) < 4.78 is 0. The third-order valence-corrected chi connectivity index (χ3v) is 2.39. The van der Waals surface area contributed by atoms with Gasteiger partial charge in [-0.1, -0.05) is 25.8 Å². The molecule has 1 atom stereocenters. The predicted molar refractivity (Wildman–Crippen MR) is 57.2 cm³/mol. The maximum Gasteiger partial charge on any atom is 0.120 e. The number of unbranched alkanes of at least 4 members (excludes halogenated alkanes) is 1. The second kappa shape index (κ2) is 6.30. The van der Waals surface area contributed by atoms with Crippen LogP contribution in [0.4, 0.5) is 0 Å². The van der Waals surface area contributed by atoms with Crippen LogP contribution in [0.15, 0.2) is 24.4 Å². The number of rotatable bonds is 6. The molecule has 0 saturated carbocycles. The normalized spacial score (nSPS) is 12.4. The fraction of sp³-hybridized carbons (Fsp3) is 0.500. The van der Waals surface area contributed by atoms with Gasteiger partial charge in [0.1, 0.15) is 6.29 Å². The molecule has 0 aliphatic rings. The van der Waals surface area contributed by atoms with Gasteiger partial charge >= 0.3 is 0 Å². The molecule has 14 heavy (non-hydrogen) atoms. The smallest absolute Gasteiger partial charge is 0.120 e. The minimum Gasteiger partial charge on any atom is -0.303 e. The third-order valence-electron chi connectivity index (χ3n) is 2.39. The van der Waals surface area contributed by atoms with Crippen molar-refractivity contribution >= 4 is 6.29 Å². The van der Waals surface area contributed by atoms with Crippen molar-refractivity contribution in [3.05, 3.63) is 30.1 Å². The van der Waals surface area contributed by atoms with Crippen molar-refractivity contribution in [1.82, 2.24) is 4.98 Å². The van der Waals surface area contributed by atoms with E-state index in [2.05, 4.69) is 11.9 Å². The highest BCUT2D eigenvalue weighted by molar-refractivity contribution is 5.51. The van der Waals surface area contributed by atoms with Gasteiger partial charge in [0, 0.05) is 24.2 Å². The molecule has 0 spiro atoms. The van der Waals surface area contributed by atoms with Crippen molar-refractivity contribution in [2.75, 3.05) is 0 Å². The lowest BCUT2D eigenvalue weighted by Gasteiger charge is -2.12. The number of hydrogen-bond acceptors (Lipinski definition) is 2. The van der Waals surface area contributed by atoms with Gasteiger partial charge in [0.05, 0.1) is 0 Å². The molecule has 0 saturated heterocycles. The van der Waals surface area contributed by atoms with Crippen LogP contribution in [0, 0.1) is 0 Å². The minimum atomic E-state index is 0.314. The molecule has 0 fully saturated rings. The van der Waals surface area contributed by atoms with Crippen LogP contribution < -0.4 is 0 Å². The monoisotopic (exact) mass is 191 g/mol. The van der Waals surface area contributed by atoms with Crippen molar-refractivity contribution in [2.45, 2.75) is 38.5 Å². The molecule has 1 aromatic rings. The molecule has 1 aromatic heterocycles. The maximum atomic E-state index is 10.5. The van der Waals surface area contributed by atoms with E-state index in [9.17, 15) is 4.79 Å². The van der Waals surface area contributed by atoms with Crippen LogP contribution in [0.25, 0.3) is 0 Å². The number of aldehydes is 1. The molecule has 1 rings (SSSR count). The molecule has 76 valence electrons. The quantitative estimate of drug-likeness (QED) is 0.647. The van der Waals surface area contributed by atoms with E-state index >= 15 is 0 Å². The van der Waals surface area contributed by atoms with Gasteiger partial charge in [0.25, 0.3) is 0 Å². The Kier molecular flexibility index (Phi) is 4.90. The zero-order chi connectivity index (χ0) is 10.2. The highest BCUT2D eigenvalue weighted by Gasteiger charge is 2.10. The Morgan fingerprint density at radius 2 is 2.36 bits per heavy atom. The van der Waals surface area contributed by atoms with Gasteiger partial charge in [-0.2, -0.15) is 0 Å². The summed E-state index contributed by atoms with van der Waals surface area (Å²) >= 11 is 0. The molecule has 1 unspecified atom stereocenters. The van der Waals surface area contributed by atoms with Crippen molar-refractivity contribution in [1.29, 1.82) is 0 Å². The summed E-state index contributed by atoms with van der Waals surface area (Å²) in [5.41, 5.74) is 1.05. The predicted octanol–water partition coefficient (Wildman–Crippen LogP) is 2.94. The Morgan fingerprint density at radius 3 is 2.93 bits per heavy atom. The topological polar surface area (TPSA) is 30.0 Å². The van der Waals surface area contributed by atoms with Gasteiger partial charge in [-0.3, -0.25) is 4.98 Å². The summed E-state index contributed by atoms with van der Waals surface area (Å²) in [6, 6.07) is 5.89. The van der Waals surface area contributed by atoms with Crippen LogP contribution in [0.5, 0.6) is 0 Å². The fourth-order valence-corrected chi connectivity index (χ4v) is 1.57. The number of nitrogens with zero attached hydrogens (tertiary/aromatic N) is 1. The van der Waals surface area contributed by atoms with Crippen LogP contribution in [-0.2, 0) is 4.79 Å². The van der Waals surface area contributed by atoms with Gasteiger partial charge in [-0.25, -0.2) is 0 Å². The van der Waals surface area contributed by atoms with Crippen molar-refractivity contribution in [2.24, 2.45) is 0 Å². The third kappa shape index (κ3) is 3.29. The zero-order valence-corrected chi connectivity index (χ0v) is 8.65. The molecular weight excluding hydrogens is 174 g/mol. The van der Waals surface area contributed by atoms with Crippen molar-refractivity contribution in [3.63, 3.8) is 0 Å². The molecule has 1 heterocycles. The van der Waals surface area contributed by atoms with E-state index in [1.807, 2.05) is 18.2 Å². The minimum absolute atomic E-state index is 0.314. The Labute approximate surface area is 85.4 Å². The lowest BCUT2D eigenvalue weighted by Crippen LogP contribution is -2.01. The summed E-state index contributed by atoms with van der Waals surface area (Å²) in [6.45, 7) is 2.16. The zero-order valence-electron chi connectivity index (χ0n) is 8.65. The summed E-state index contributed by atoms with van der Waals surface area (Å²) in [6.07, 6.45) is 6.77. The van der Waals surface area contributed by atoms with Gasteiger partial charge in [0.15, 0.2) is 0 Å². The molecule has 2 heteroatoms. The van der Waals surface area contributed by atoms with E-state index in [0.717, 1.165) is 24.8 Å². The van der Waals surface area contributed by atoms with Gasteiger partial charge in [0.2, 0.25) is 0 Å². The highest BCUT2D eigenvalue weighted by Crippen LogP contribution is 2.22. The molecule has 0 amide bonds. The lowest BCUT2D eigenvalue weighted by atomic mass is 9.95. The number of aromatic nitrogens is 1. The number of carbonyl (C=O) groups excluding carboxylic acids is 1. The first-order valence-electron chi connectivity index (χ1n) is 5.23. The summed E-state index contributed by atoms with van der Waals surface area (Å²) in [5, 5.41) is 0. The first-order chi connectivity index (χ1) is 6.88. The molecule has 2 nitrogen and oxygen atoms in total. The van der Waals surface area contributed by atoms with Crippen LogP contribution in [0.3, 0.4) is 0 Å². The van der Waals surface area contributed by atoms with E-state index in [1.165, 1.54) is 6.42 Å². The second-order valence-electron chi connectivity index (χ2n) is 3.50. The lowest BCUT2D eigenvalue weighted by molar-refractivity contribution is -0.108. The number of hydrogen-bond donors (Lipinski definition) is 0. The van der Waals surface area contributed by atoms with Crippen LogP contribution >= 0.6 is 0 Å². The van der Waals surface area contributed by atoms with Crippen molar-refractivity contribution in [3.8, 4) is 0 Å². The van der Waals surface area contributed by atoms with Crippen LogP contribution in [-0.4, -0.2) is 11.3 Å². The molecule has 0 aromatic carbocycles. The Hall–Kier alpha value is -1.18. The molecular formula is C12H17NO. The van der Waals surface area contributed by atoms with Crippen LogP contribution in [0.2, 0.25) is 0 Å². The summed E-state index contributed by atoms with van der Waals surface area (Å²) in [5.74, 6) is 0.314. The first-order valence-corrected chi connectivity index (χ1v) is 5.23. The fourth-order valence-electron chi connectivity index (χ4n) is 1.57. The van der Waals surface area contributed by atoms with Gasteiger partial charge in [-0.15, -0.1) is 0 Å². The maximum absolute atomic E-state index is 10.5. The summed E-state index contributed by atoms with van der Waals surface area (Å²) in [4.78, 5) is 14.8. The highest BCUT2D eigenvalue weighted by atomic mass is 16.1. The van der Waals surface area contributed by atoms with Crippen LogP contribution in [0.1, 0.15) is 44.2 Å². The second-order valence-corrected chi connectivity index (χ2v) is 3.50. The molecule has 0 bridgehead atoms. The van der Waals surface area contributed by atoms with Crippen molar-refractivity contribution < 1.29 is 4.79 Å². The first kappa shape index (κ1) is 10.9. The summed E-state index contributed by atoms with van der Waals surface area (Å²) in [7, 11) is 0. The SMILES string of the molecule is CCCCC(CC=O)c1ccccn1. The average Bonchev–Trinajstić information content (AvgIpc) is 2.25. The van der Waals surface area contributed by atoms with E-state index in [4.69, 9.17) is 0 Å². The van der Waals surface area contributed by atoms with E-state index in [0.29, 0.717) is 12.3 Å². The largest absolute Gasteiger partial charge is 0.303 e. The number of carbonyl (C=O) groups is 1. The Balaban J connectivity index is 2.62. The van der Waals surface area contributed by atoms with E-state index in [1.54, 1.807) is 6.20 Å². The molecule has 0 aliphatic heterocycles. The molecule has 0 aliphatic carbocycles. The number of pyridine rings is 1. The Morgan fingerprint density at radius 1 is 1.50 bits per heavy atom. The van der Waals surface area contributed by atoms with Gasteiger partial charge in [-0.05, 0) is 18.6 Å². The van der Waals surface area contributed by atoms with E-state index < -0.39 is 0 Å². The van der Waals surface area contributed by atoms with E-state index in [-0.39, 0.29) is 0 Å². The standard InChI is InChI=1S/C12H17NO/c1-2-3-6-11(8-10-14)12-7-4-5-9-13-12/h4-5,7,9-11H,2-3,6,8H2,1H3. The molecule has 0 radical (unpaired) electrons. The van der Waals surface area contributed by atoms with Gasteiger partial charge < -0.3 is 4.79 Å².